The maximum absolute atomic E-state index is 12.8. The summed E-state index contributed by atoms with van der Waals surface area (Å²) in [6, 6.07) is 0. The Morgan fingerprint density at radius 3 is 1.27 bits per heavy atom. The highest BCUT2D eigenvalue weighted by atomic mass is 16.7. The molecule has 380 valence electrons. The average molecular weight is 921 g/mol. The van der Waals surface area contributed by atoms with Gasteiger partial charge in [-0.05, 0) is 12.8 Å². The highest BCUT2D eigenvalue weighted by molar-refractivity contribution is 5.69. The van der Waals surface area contributed by atoms with E-state index in [-0.39, 0.29) is 25.6 Å². The summed E-state index contributed by atoms with van der Waals surface area (Å²) < 4.78 is 34.1. The third-order valence-corrected chi connectivity index (χ3v) is 12.9. The van der Waals surface area contributed by atoms with E-state index >= 15 is 0 Å². The molecule has 2 saturated heterocycles. The van der Waals surface area contributed by atoms with E-state index in [1.165, 1.54) is 141 Å². The first kappa shape index (κ1) is 59.1. The lowest BCUT2D eigenvalue weighted by Crippen LogP contribution is -2.61. The van der Waals surface area contributed by atoms with E-state index in [1.54, 1.807) is 0 Å². The monoisotopic (exact) mass is 921 g/mol. The molecule has 0 aromatic heterocycles. The molecule has 0 bridgehead atoms. The number of aliphatic hydroxyl groups excluding tert-OH is 7. The molecule has 2 fully saturated rings. The molecular weight excluding hydrogens is 825 g/mol. The van der Waals surface area contributed by atoms with Crippen LogP contribution in [0.4, 0.5) is 0 Å². The van der Waals surface area contributed by atoms with Crippen molar-refractivity contribution in [1.29, 1.82) is 0 Å². The molecule has 14 nitrogen and oxygen atoms in total. The molecule has 64 heavy (non-hydrogen) atoms. The van der Waals surface area contributed by atoms with Crippen molar-refractivity contribution in [2.75, 3.05) is 33.0 Å². The first-order valence-corrected chi connectivity index (χ1v) is 26.1. The Labute approximate surface area is 387 Å². The molecule has 7 N–H and O–H groups in total. The quantitative estimate of drug-likeness (QED) is 0.0231. The Bertz CT molecular complexity index is 1070. The number of carbonyl (C=O) groups is 1. The van der Waals surface area contributed by atoms with Crippen LogP contribution in [0.25, 0.3) is 0 Å². The summed E-state index contributed by atoms with van der Waals surface area (Å²) in [4.78, 5) is 12.8. The van der Waals surface area contributed by atoms with Crippen molar-refractivity contribution in [3.63, 3.8) is 0 Å². The van der Waals surface area contributed by atoms with Crippen LogP contribution < -0.4 is 0 Å². The van der Waals surface area contributed by atoms with Gasteiger partial charge in [-0.15, -0.1) is 0 Å². The second kappa shape index (κ2) is 38.9. The molecule has 0 spiro atoms. The van der Waals surface area contributed by atoms with Crippen molar-refractivity contribution in [1.82, 2.24) is 0 Å². The number of aliphatic hydroxyl groups is 7. The van der Waals surface area contributed by atoms with Crippen molar-refractivity contribution >= 4 is 5.97 Å². The summed E-state index contributed by atoms with van der Waals surface area (Å²) in [6.45, 7) is 3.63. The van der Waals surface area contributed by atoms with E-state index in [9.17, 15) is 40.5 Å². The fourth-order valence-corrected chi connectivity index (χ4v) is 8.58. The fourth-order valence-electron chi connectivity index (χ4n) is 8.58. The van der Waals surface area contributed by atoms with Gasteiger partial charge in [0.15, 0.2) is 12.6 Å². The molecule has 0 saturated carbocycles. The van der Waals surface area contributed by atoms with Crippen LogP contribution in [0.2, 0.25) is 0 Å². The van der Waals surface area contributed by atoms with Gasteiger partial charge in [-0.2, -0.15) is 0 Å². The van der Waals surface area contributed by atoms with E-state index < -0.39 is 80.7 Å². The lowest BCUT2D eigenvalue weighted by atomic mass is 9.98. The van der Waals surface area contributed by atoms with Gasteiger partial charge in [0.1, 0.15) is 54.9 Å². The van der Waals surface area contributed by atoms with Gasteiger partial charge in [-0.1, -0.05) is 194 Å². The Kier molecular flexibility index (Phi) is 35.9. The van der Waals surface area contributed by atoms with Gasteiger partial charge < -0.3 is 64.2 Å². The van der Waals surface area contributed by atoms with Crippen LogP contribution >= 0.6 is 0 Å². The zero-order valence-corrected chi connectivity index (χ0v) is 40.3. The Morgan fingerprint density at radius 2 is 0.828 bits per heavy atom. The fraction of sp³-hybridized carbons (Fsp3) is 0.980. The van der Waals surface area contributed by atoms with Crippen molar-refractivity contribution in [3.8, 4) is 0 Å². The van der Waals surface area contributed by atoms with Crippen molar-refractivity contribution < 1.29 is 69.0 Å². The molecule has 2 rings (SSSR count). The Morgan fingerprint density at radius 1 is 0.453 bits per heavy atom. The third kappa shape index (κ3) is 26.5. The van der Waals surface area contributed by atoms with Crippen LogP contribution in [0.3, 0.4) is 0 Å². The van der Waals surface area contributed by atoms with Crippen LogP contribution in [-0.4, -0.2) is 142 Å². The molecule has 14 heteroatoms. The minimum atomic E-state index is -1.70. The van der Waals surface area contributed by atoms with Gasteiger partial charge in [-0.3, -0.25) is 4.79 Å². The number of carbonyl (C=O) groups excluding carboxylic acids is 1. The summed E-state index contributed by atoms with van der Waals surface area (Å²) in [5.74, 6) is -0.384. The number of esters is 1. The van der Waals surface area contributed by atoms with Crippen LogP contribution in [0, 0.1) is 0 Å². The van der Waals surface area contributed by atoms with Gasteiger partial charge >= 0.3 is 5.97 Å². The molecule has 0 aliphatic carbocycles. The second-order valence-corrected chi connectivity index (χ2v) is 18.7. The maximum Gasteiger partial charge on any atom is 0.306 e. The maximum atomic E-state index is 12.8. The standard InChI is InChI=1S/C50H96O14/c1-3-5-7-9-10-11-12-13-14-15-16-17-18-19-20-21-22-23-24-25-26-27-28-30-32-34-59-36-39(62-42(52)33-31-29-8-6-4-2)37-60-49-48(58)46(56)44(54)41(64-49)38-61-50-47(57)45(55)43(53)40(35-51)63-50/h39-41,43-51,53-58H,3-38H2,1-2H3. The number of rotatable bonds is 42. The van der Waals surface area contributed by atoms with E-state index in [4.69, 9.17) is 28.4 Å². The summed E-state index contributed by atoms with van der Waals surface area (Å²) in [5, 5.41) is 71.8. The number of hydrogen-bond acceptors (Lipinski definition) is 14. The van der Waals surface area contributed by atoms with Crippen LogP contribution in [0.1, 0.15) is 213 Å². The predicted molar refractivity (Wildman–Crippen MR) is 248 cm³/mol. The lowest BCUT2D eigenvalue weighted by molar-refractivity contribution is -0.332. The first-order chi connectivity index (χ1) is 31.1. The van der Waals surface area contributed by atoms with Gasteiger partial charge in [0.2, 0.25) is 0 Å². The van der Waals surface area contributed by atoms with Crippen molar-refractivity contribution in [2.45, 2.75) is 280 Å². The third-order valence-electron chi connectivity index (χ3n) is 12.9. The zero-order chi connectivity index (χ0) is 46.6. The molecule has 2 aliphatic rings. The molecule has 0 amide bonds. The zero-order valence-electron chi connectivity index (χ0n) is 40.3. The minimum Gasteiger partial charge on any atom is -0.457 e. The topological polar surface area (TPSA) is 214 Å². The molecule has 0 aromatic rings. The van der Waals surface area contributed by atoms with E-state index in [2.05, 4.69) is 13.8 Å². The highest BCUT2D eigenvalue weighted by Gasteiger charge is 2.47. The molecule has 11 atom stereocenters. The van der Waals surface area contributed by atoms with Gasteiger partial charge in [0, 0.05) is 13.0 Å². The Balaban J connectivity index is 1.59. The molecule has 0 aromatic carbocycles. The molecule has 2 heterocycles. The van der Waals surface area contributed by atoms with E-state index in [0.29, 0.717) is 13.0 Å². The number of unbranched alkanes of at least 4 members (excludes halogenated alkanes) is 28. The first-order valence-electron chi connectivity index (χ1n) is 26.1. The molecule has 2 aliphatic heterocycles. The Hall–Kier alpha value is -1.01. The smallest absolute Gasteiger partial charge is 0.306 e. The molecule has 0 radical (unpaired) electrons. The summed E-state index contributed by atoms with van der Waals surface area (Å²) in [7, 11) is 0. The summed E-state index contributed by atoms with van der Waals surface area (Å²) >= 11 is 0. The highest BCUT2D eigenvalue weighted by Crippen LogP contribution is 2.26. The predicted octanol–water partition coefficient (Wildman–Crippen LogP) is 7.69. The lowest BCUT2D eigenvalue weighted by Gasteiger charge is -2.42. The van der Waals surface area contributed by atoms with Gasteiger partial charge in [0.05, 0.1) is 26.4 Å². The van der Waals surface area contributed by atoms with Crippen molar-refractivity contribution in [3.05, 3.63) is 0 Å². The van der Waals surface area contributed by atoms with Crippen molar-refractivity contribution in [2.24, 2.45) is 0 Å². The van der Waals surface area contributed by atoms with Crippen LogP contribution in [-0.2, 0) is 33.2 Å². The normalized spacial score (nSPS) is 26.6. The SMILES string of the molecule is CCCCCCCCCCCCCCCCCCCCCCCCCCCOCC(COC1OC(COC2OC(CO)C(O)C(O)C2O)C(O)C(O)C1O)OC(=O)CCCCCCC. The van der Waals surface area contributed by atoms with Gasteiger partial charge in [-0.25, -0.2) is 0 Å². The molecule has 11 unspecified atom stereocenters. The average Bonchev–Trinajstić information content (AvgIpc) is 3.29. The number of ether oxygens (including phenoxy) is 6. The molecular formula is C50H96O14. The van der Waals surface area contributed by atoms with E-state index in [1.807, 2.05) is 0 Å². The number of hydrogen-bond donors (Lipinski definition) is 7. The second-order valence-electron chi connectivity index (χ2n) is 18.7. The minimum absolute atomic E-state index is 0.0681. The summed E-state index contributed by atoms with van der Waals surface area (Å²) in [6.07, 6.45) is 22.5. The van der Waals surface area contributed by atoms with Crippen LogP contribution in [0.5, 0.6) is 0 Å². The largest absolute Gasteiger partial charge is 0.457 e. The summed E-state index contributed by atoms with van der Waals surface area (Å²) in [5.41, 5.74) is 0. The van der Waals surface area contributed by atoms with E-state index in [0.717, 1.165) is 44.9 Å². The van der Waals surface area contributed by atoms with Crippen LogP contribution in [0.15, 0.2) is 0 Å². The van der Waals surface area contributed by atoms with Gasteiger partial charge in [0.25, 0.3) is 0 Å².